The lowest BCUT2D eigenvalue weighted by Gasteiger charge is -2.35. The van der Waals surface area contributed by atoms with Crippen molar-refractivity contribution >= 4 is 23.1 Å². The molecule has 0 aromatic heterocycles. The summed E-state index contributed by atoms with van der Waals surface area (Å²) in [5.41, 5.74) is 2.68. The molecule has 0 saturated carbocycles. The van der Waals surface area contributed by atoms with Crippen LogP contribution >= 0.6 is 0 Å². The van der Waals surface area contributed by atoms with Crippen molar-refractivity contribution in [2.24, 2.45) is 0 Å². The first-order chi connectivity index (χ1) is 11.2. The number of rotatable bonds is 3. The predicted octanol–water partition coefficient (Wildman–Crippen LogP) is 3.57. The summed E-state index contributed by atoms with van der Waals surface area (Å²) in [4.78, 5) is 16.7. The zero-order valence-electron chi connectivity index (χ0n) is 13.5. The van der Waals surface area contributed by atoms with Crippen LogP contribution in [0, 0.1) is 0 Å². The molecule has 0 aliphatic carbocycles. The van der Waals surface area contributed by atoms with Gasteiger partial charge in [-0.1, -0.05) is 24.3 Å². The highest BCUT2D eigenvalue weighted by Gasteiger charge is 2.25. The lowest BCUT2D eigenvalue weighted by Crippen LogP contribution is -2.44. The van der Waals surface area contributed by atoms with Crippen LogP contribution < -0.4 is 19.9 Å². The van der Waals surface area contributed by atoms with Gasteiger partial charge in [0.2, 0.25) is 0 Å². The molecule has 0 bridgehead atoms. The van der Waals surface area contributed by atoms with Gasteiger partial charge in [0.25, 0.3) is 0 Å². The third-order valence-electron chi connectivity index (χ3n) is 3.92. The number of amides is 2. The van der Waals surface area contributed by atoms with Crippen LogP contribution in [0.5, 0.6) is 5.75 Å². The van der Waals surface area contributed by atoms with Crippen molar-refractivity contribution < 1.29 is 9.53 Å². The molecule has 2 aromatic rings. The maximum absolute atomic E-state index is 12.7. The number of urea groups is 1. The van der Waals surface area contributed by atoms with E-state index in [4.69, 9.17) is 4.74 Å². The maximum Gasteiger partial charge on any atom is 0.326 e. The Kier molecular flexibility index (Phi) is 4.37. The van der Waals surface area contributed by atoms with Gasteiger partial charge in [-0.15, -0.1) is 0 Å². The average molecular weight is 311 g/mol. The smallest absolute Gasteiger partial charge is 0.326 e. The molecule has 1 N–H and O–H groups in total. The summed E-state index contributed by atoms with van der Waals surface area (Å²) in [6.07, 6.45) is 0. The summed E-state index contributed by atoms with van der Waals surface area (Å²) in [6, 6.07) is 15.3. The first-order valence-corrected chi connectivity index (χ1v) is 7.81. The summed E-state index contributed by atoms with van der Waals surface area (Å²) < 4.78 is 5.57. The van der Waals surface area contributed by atoms with Crippen molar-refractivity contribution in [3.63, 3.8) is 0 Å². The number of carbonyl (C=O) groups excluding carboxylic acids is 1. The minimum absolute atomic E-state index is 0.141. The van der Waals surface area contributed by atoms with Crippen molar-refractivity contribution in [2.75, 3.05) is 41.9 Å². The van der Waals surface area contributed by atoms with E-state index >= 15 is 0 Å². The number of nitrogens with zero attached hydrogens (tertiary/aromatic N) is 2. The quantitative estimate of drug-likeness (QED) is 0.942. The summed E-state index contributed by atoms with van der Waals surface area (Å²) in [5, 5.41) is 2.96. The molecule has 0 saturated heterocycles. The Hall–Kier alpha value is -2.69. The first-order valence-electron chi connectivity index (χ1n) is 7.81. The Bertz CT molecular complexity index is 702. The van der Waals surface area contributed by atoms with Crippen LogP contribution in [-0.4, -0.2) is 32.8 Å². The highest BCUT2D eigenvalue weighted by Crippen LogP contribution is 2.32. The molecule has 0 unspecified atom stereocenters. The van der Waals surface area contributed by atoms with Crippen molar-refractivity contribution in [3.05, 3.63) is 48.5 Å². The zero-order chi connectivity index (χ0) is 16.2. The number of nitrogens with one attached hydrogen (secondary N) is 1. The SMILES string of the molecule is CCOc1ccccc1NC(=O)N1CCN(C)c2ccccc21. The van der Waals surface area contributed by atoms with Gasteiger partial charge < -0.3 is 15.0 Å². The van der Waals surface area contributed by atoms with Crippen LogP contribution in [0.1, 0.15) is 6.92 Å². The third kappa shape index (κ3) is 3.08. The second-order valence-corrected chi connectivity index (χ2v) is 5.42. The zero-order valence-corrected chi connectivity index (χ0v) is 13.5. The molecule has 0 radical (unpaired) electrons. The summed E-state index contributed by atoms with van der Waals surface area (Å²) in [7, 11) is 2.04. The summed E-state index contributed by atoms with van der Waals surface area (Å²) in [5.74, 6) is 0.686. The van der Waals surface area contributed by atoms with E-state index in [1.807, 2.05) is 62.5 Å². The van der Waals surface area contributed by atoms with Crippen LogP contribution in [0.3, 0.4) is 0 Å². The Morgan fingerprint density at radius 3 is 2.57 bits per heavy atom. The Labute approximate surface area is 136 Å². The number of hydrogen-bond acceptors (Lipinski definition) is 3. The lowest BCUT2D eigenvalue weighted by molar-refractivity contribution is 0.256. The number of likely N-dealkylation sites (N-methyl/N-ethyl adjacent to an activating group) is 1. The molecule has 5 nitrogen and oxygen atoms in total. The normalized spacial score (nSPS) is 13.5. The number of hydrogen-bond donors (Lipinski definition) is 1. The van der Waals surface area contributed by atoms with E-state index in [-0.39, 0.29) is 6.03 Å². The standard InChI is InChI=1S/C18H21N3O2/c1-3-23-17-11-7-4-8-14(17)19-18(22)21-13-12-20(2)15-9-5-6-10-16(15)21/h4-11H,3,12-13H2,1-2H3,(H,19,22). The van der Waals surface area contributed by atoms with Crippen LogP contribution in [-0.2, 0) is 0 Å². The van der Waals surface area contributed by atoms with E-state index in [1.54, 1.807) is 4.90 Å². The maximum atomic E-state index is 12.7. The van der Waals surface area contributed by atoms with Gasteiger partial charge in [0.05, 0.1) is 23.7 Å². The minimum atomic E-state index is -0.141. The van der Waals surface area contributed by atoms with Crippen LogP contribution in [0.4, 0.5) is 21.9 Å². The molecule has 23 heavy (non-hydrogen) atoms. The molecule has 0 spiro atoms. The Morgan fingerprint density at radius 2 is 1.78 bits per heavy atom. The molecule has 1 aliphatic rings. The van der Waals surface area contributed by atoms with Gasteiger partial charge in [0, 0.05) is 20.1 Å². The van der Waals surface area contributed by atoms with Gasteiger partial charge >= 0.3 is 6.03 Å². The number of ether oxygens (including phenoxy) is 1. The molecule has 0 atom stereocenters. The van der Waals surface area contributed by atoms with Crippen molar-refractivity contribution in [2.45, 2.75) is 6.92 Å². The molecular weight excluding hydrogens is 290 g/mol. The highest BCUT2D eigenvalue weighted by atomic mass is 16.5. The number of fused-ring (bicyclic) bond motifs is 1. The van der Waals surface area contributed by atoms with E-state index < -0.39 is 0 Å². The topological polar surface area (TPSA) is 44.8 Å². The fourth-order valence-electron chi connectivity index (χ4n) is 2.75. The molecule has 120 valence electrons. The van der Waals surface area contributed by atoms with E-state index in [1.165, 1.54) is 0 Å². The molecule has 1 heterocycles. The second kappa shape index (κ2) is 6.60. The summed E-state index contributed by atoms with van der Waals surface area (Å²) >= 11 is 0. The summed E-state index contributed by atoms with van der Waals surface area (Å²) in [6.45, 7) is 3.94. The van der Waals surface area contributed by atoms with E-state index in [9.17, 15) is 4.79 Å². The number of benzene rings is 2. The van der Waals surface area contributed by atoms with Gasteiger partial charge in [-0.3, -0.25) is 4.90 Å². The van der Waals surface area contributed by atoms with Crippen LogP contribution in [0.25, 0.3) is 0 Å². The molecule has 2 aromatic carbocycles. The lowest BCUT2D eigenvalue weighted by atomic mass is 10.2. The first kappa shape index (κ1) is 15.2. The number of anilines is 3. The Morgan fingerprint density at radius 1 is 1.09 bits per heavy atom. The number of carbonyl (C=O) groups is 1. The Balaban J connectivity index is 1.84. The average Bonchev–Trinajstić information content (AvgIpc) is 2.57. The molecule has 5 heteroatoms. The fraction of sp³-hybridized carbons (Fsp3) is 0.278. The van der Waals surface area contributed by atoms with Gasteiger partial charge in [0.1, 0.15) is 5.75 Å². The van der Waals surface area contributed by atoms with Gasteiger partial charge in [-0.05, 0) is 31.2 Å². The van der Waals surface area contributed by atoms with E-state index in [0.717, 1.165) is 17.9 Å². The van der Waals surface area contributed by atoms with E-state index in [2.05, 4.69) is 10.2 Å². The number of para-hydroxylation sites is 4. The molecule has 0 fully saturated rings. The highest BCUT2D eigenvalue weighted by molar-refractivity contribution is 6.05. The van der Waals surface area contributed by atoms with Gasteiger partial charge in [-0.25, -0.2) is 4.79 Å². The molecule has 3 rings (SSSR count). The van der Waals surface area contributed by atoms with Crippen LogP contribution in [0.2, 0.25) is 0 Å². The van der Waals surface area contributed by atoms with Crippen LogP contribution in [0.15, 0.2) is 48.5 Å². The van der Waals surface area contributed by atoms with Crippen molar-refractivity contribution in [1.29, 1.82) is 0 Å². The third-order valence-corrected chi connectivity index (χ3v) is 3.92. The largest absolute Gasteiger partial charge is 0.492 e. The monoisotopic (exact) mass is 311 g/mol. The van der Waals surface area contributed by atoms with Crippen molar-refractivity contribution in [1.82, 2.24) is 0 Å². The van der Waals surface area contributed by atoms with Crippen molar-refractivity contribution in [3.8, 4) is 5.75 Å². The predicted molar refractivity (Wildman–Crippen MR) is 93.7 cm³/mol. The second-order valence-electron chi connectivity index (χ2n) is 5.42. The fourth-order valence-corrected chi connectivity index (χ4v) is 2.75. The molecular formula is C18H21N3O2. The van der Waals surface area contributed by atoms with E-state index in [0.29, 0.717) is 24.6 Å². The van der Waals surface area contributed by atoms with Gasteiger partial charge in [0.15, 0.2) is 0 Å². The van der Waals surface area contributed by atoms with Gasteiger partial charge in [-0.2, -0.15) is 0 Å². The molecule has 2 amide bonds. The minimum Gasteiger partial charge on any atom is -0.492 e. The molecule has 1 aliphatic heterocycles.